The second kappa shape index (κ2) is 5.79. The zero-order valence-corrected chi connectivity index (χ0v) is 10.0. The van der Waals surface area contributed by atoms with Crippen molar-refractivity contribution in [3.05, 3.63) is 33.9 Å². The smallest absolute Gasteiger partial charge is 0.269 e. The molecule has 18 heavy (non-hydrogen) atoms. The molecule has 0 aliphatic carbocycles. The number of anilines is 1. The summed E-state index contributed by atoms with van der Waals surface area (Å²) in [5.41, 5.74) is 6.96. The Balaban J connectivity index is 1.91. The monoisotopic (exact) mass is 252 g/mol. The van der Waals surface area contributed by atoms with Crippen LogP contribution in [0.4, 0.5) is 11.4 Å². The van der Waals surface area contributed by atoms with E-state index in [1.54, 1.807) is 0 Å². The first-order valence-corrected chi connectivity index (χ1v) is 5.85. The van der Waals surface area contributed by atoms with Gasteiger partial charge in [0.15, 0.2) is 0 Å². The summed E-state index contributed by atoms with van der Waals surface area (Å²) in [5, 5.41) is 10.7. The molecule has 1 atom stereocenters. The van der Waals surface area contributed by atoms with E-state index in [1.807, 2.05) is 0 Å². The lowest BCUT2D eigenvalue weighted by molar-refractivity contribution is -0.384. The number of rotatable bonds is 5. The van der Waals surface area contributed by atoms with Gasteiger partial charge in [-0.05, 0) is 12.5 Å². The molecule has 1 aliphatic rings. The molecule has 0 radical (unpaired) electrons. The standard InChI is InChI=1S/C12H16N2O4/c13-12-2-1-11(14(15)16)5-10(12)8-18-7-9-3-4-17-6-9/h1-2,5,9H,3-4,6-8,13H2. The molecule has 0 spiro atoms. The molecule has 2 rings (SSSR count). The van der Waals surface area contributed by atoms with Crippen LogP contribution in [0.5, 0.6) is 0 Å². The van der Waals surface area contributed by atoms with Gasteiger partial charge in [-0.15, -0.1) is 0 Å². The highest BCUT2D eigenvalue weighted by Gasteiger charge is 2.16. The Labute approximate surface area is 105 Å². The number of nitrogens with two attached hydrogens (primary N) is 1. The molecule has 1 fully saturated rings. The minimum Gasteiger partial charge on any atom is -0.398 e. The predicted octanol–water partition coefficient (Wildman–Crippen LogP) is 1.73. The molecule has 1 aromatic carbocycles. The molecule has 1 unspecified atom stereocenters. The number of nitro benzene ring substituents is 1. The molecular weight excluding hydrogens is 236 g/mol. The van der Waals surface area contributed by atoms with Gasteiger partial charge in [0.1, 0.15) is 0 Å². The highest BCUT2D eigenvalue weighted by molar-refractivity contribution is 5.52. The summed E-state index contributed by atoms with van der Waals surface area (Å²) in [6, 6.07) is 4.39. The number of nitro groups is 1. The number of ether oxygens (including phenoxy) is 2. The fourth-order valence-electron chi connectivity index (χ4n) is 1.88. The van der Waals surface area contributed by atoms with Crippen molar-refractivity contribution in [2.45, 2.75) is 13.0 Å². The first kappa shape index (κ1) is 12.8. The average molecular weight is 252 g/mol. The first-order chi connectivity index (χ1) is 8.66. The van der Waals surface area contributed by atoms with Gasteiger partial charge in [0.05, 0.1) is 24.7 Å². The van der Waals surface area contributed by atoms with Gasteiger partial charge in [-0.2, -0.15) is 0 Å². The number of benzene rings is 1. The lowest BCUT2D eigenvalue weighted by Gasteiger charge is -2.10. The van der Waals surface area contributed by atoms with Crippen LogP contribution in [-0.2, 0) is 16.1 Å². The Hall–Kier alpha value is -1.66. The third kappa shape index (κ3) is 3.18. The van der Waals surface area contributed by atoms with Crippen LogP contribution in [0, 0.1) is 16.0 Å². The Morgan fingerprint density at radius 3 is 3.06 bits per heavy atom. The molecular formula is C12H16N2O4. The Morgan fingerprint density at radius 2 is 2.39 bits per heavy atom. The average Bonchev–Trinajstić information content (AvgIpc) is 2.84. The maximum absolute atomic E-state index is 10.7. The molecule has 6 nitrogen and oxygen atoms in total. The minimum atomic E-state index is -0.437. The van der Waals surface area contributed by atoms with Gasteiger partial charge in [-0.25, -0.2) is 0 Å². The molecule has 98 valence electrons. The Kier molecular flexibility index (Phi) is 4.11. The van der Waals surface area contributed by atoms with Crippen LogP contribution in [0.3, 0.4) is 0 Å². The normalized spacial score (nSPS) is 19.0. The fourth-order valence-corrected chi connectivity index (χ4v) is 1.88. The molecule has 0 bridgehead atoms. The number of nitrogens with zero attached hydrogens (tertiary/aromatic N) is 1. The van der Waals surface area contributed by atoms with Gasteiger partial charge in [-0.3, -0.25) is 10.1 Å². The van der Waals surface area contributed by atoms with Crippen molar-refractivity contribution in [2.75, 3.05) is 25.6 Å². The highest BCUT2D eigenvalue weighted by atomic mass is 16.6. The molecule has 6 heteroatoms. The van der Waals surface area contributed by atoms with E-state index < -0.39 is 4.92 Å². The van der Waals surface area contributed by atoms with Crippen LogP contribution >= 0.6 is 0 Å². The summed E-state index contributed by atoms with van der Waals surface area (Å²) in [7, 11) is 0. The van der Waals surface area contributed by atoms with Crippen LogP contribution in [0.15, 0.2) is 18.2 Å². The van der Waals surface area contributed by atoms with E-state index in [1.165, 1.54) is 18.2 Å². The zero-order chi connectivity index (χ0) is 13.0. The summed E-state index contributed by atoms with van der Waals surface area (Å²) >= 11 is 0. The van der Waals surface area contributed by atoms with Crippen molar-refractivity contribution in [3.63, 3.8) is 0 Å². The van der Waals surface area contributed by atoms with E-state index in [2.05, 4.69) is 0 Å². The van der Waals surface area contributed by atoms with Crippen LogP contribution < -0.4 is 5.73 Å². The van der Waals surface area contributed by atoms with Crippen molar-refractivity contribution >= 4 is 11.4 Å². The molecule has 2 N–H and O–H groups in total. The van der Waals surface area contributed by atoms with Gasteiger partial charge in [-0.1, -0.05) is 0 Å². The molecule has 0 aromatic heterocycles. The quantitative estimate of drug-likeness (QED) is 0.490. The summed E-state index contributed by atoms with van der Waals surface area (Å²) in [5.74, 6) is 0.421. The van der Waals surface area contributed by atoms with E-state index in [-0.39, 0.29) is 5.69 Å². The molecule has 1 heterocycles. The molecule has 1 aliphatic heterocycles. The molecule has 0 amide bonds. The number of hydrogen-bond acceptors (Lipinski definition) is 5. The number of non-ortho nitro benzene ring substituents is 1. The van der Waals surface area contributed by atoms with Gasteiger partial charge in [0, 0.05) is 35.9 Å². The largest absolute Gasteiger partial charge is 0.398 e. The number of hydrogen-bond donors (Lipinski definition) is 1. The van der Waals surface area contributed by atoms with Gasteiger partial charge >= 0.3 is 0 Å². The second-order valence-corrected chi connectivity index (χ2v) is 4.38. The van der Waals surface area contributed by atoms with E-state index in [0.29, 0.717) is 30.4 Å². The second-order valence-electron chi connectivity index (χ2n) is 4.38. The van der Waals surface area contributed by atoms with Crippen LogP contribution in [0.1, 0.15) is 12.0 Å². The summed E-state index contributed by atoms with van der Waals surface area (Å²) in [6.07, 6.45) is 1.00. The van der Waals surface area contributed by atoms with Crippen LogP contribution in [0.25, 0.3) is 0 Å². The van der Waals surface area contributed by atoms with Gasteiger partial charge in [0.2, 0.25) is 0 Å². The van der Waals surface area contributed by atoms with E-state index in [9.17, 15) is 10.1 Å². The third-order valence-corrected chi connectivity index (χ3v) is 2.97. The van der Waals surface area contributed by atoms with E-state index in [0.717, 1.165) is 19.6 Å². The number of nitrogen functional groups attached to an aromatic ring is 1. The van der Waals surface area contributed by atoms with Crippen molar-refractivity contribution in [1.29, 1.82) is 0 Å². The SMILES string of the molecule is Nc1ccc([N+](=O)[O-])cc1COCC1CCOC1. The third-order valence-electron chi connectivity index (χ3n) is 2.97. The molecule has 0 saturated carbocycles. The molecule has 1 saturated heterocycles. The molecule has 1 aromatic rings. The van der Waals surface area contributed by atoms with Crippen LogP contribution in [-0.4, -0.2) is 24.7 Å². The van der Waals surface area contributed by atoms with Crippen molar-refractivity contribution < 1.29 is 14.4 Å². The predicted molar refractivity (Wildman–Crippen MR) is 66.1 cm³/mol. The van der Waals surface area contributed by atoms with Crippen molar-refractivity contribution in [3.8, 4) is 0 Å². The minimum absolute atomic E-state index is 0.0343. The van der Waals surface area contributed by atoms with Crippen molar-refractivity contribution in [1.82, 2.24) is 0 Å². The maximum Gasteiger partial charge on any atom is 0.269 e. The summed E-state index contributed by atoms with van der Waals surface area (Å²) < 4.78 is 10.8. The summed E-state index contributed by atoms with van der Waals surface area (Å²) in [6.45, 7) is 2.41. The fraction of sp³-hybridized carbons (Fsp3) is 0.500. The maximum atomic E-state index is 10.7. The van der Waals surface area contributed by atoms with Crippen molar-refractivity contribution in [2.24, 2.45) is 5.92 Å². The summed E-state index contributed by atoms with van der Waals surface area (Å²) in [4.78, 5) is 10.2. The Bertz CT molecular complexity index is 430. The topological polar surface area (TPSA) is 87.6 Å². The Morgan fingerprint density at radius 1 is 1.56 bits per heavy atom. The lowest BCUT2D eigenvalue weighted by atomic mass is 10.1. The van der Waals surface area contributed by atoms with Gasteiger partial charge in [0.25, 0.3) is 5.69 Å². The zero-order valence-electron chi connectivity index (χ0n) is 10.0. The lowest BCUT2D eigenvalue weighted by Crippen LogP contribution is -2.10. The van der Waals surface area contributed by atoms with Gasteiger partial charge < -0.3 is 15.2 Å². The highest BCUT2D eigenvalue weighted by Crippen LogP contribution is 2.21. The van der Waals surface area contributed by atoms with Crippen LogP contribution in [0.2, 0.25) is 0 Å². The van der Waals surface area contributed by atoms with E-state index in [4.69, 9.17) is 15.2 Å². The first-order valence-electron chi connectivity index (χ1n) is 5.85. The van der Waals surface area contributed by atoms with E-state index >= 15 is 0 Å².